The fourth-order valence-electron chi connectivity index (χ4n) is 2.93. The molecule has 0 aliphatic carbocycles. The van der Waals surface area contributed by atoms with Gasteiger partial charge in [0.2, 0.25) is 0 Å². The zero-order valence-electron chi connectivity index (χ0n) is 14.3. The van der Waals surface area contributed by atoms with Gasteiger partial charge in [-0.25, -0.2) is 4.79 Å². The molecule has 0 bridgehead atoms. The van der Waals surface area contributed by atoms with Crippen molar-refractivity contribution in [1.82, 2.24) is 9.80 Å². The van der Waals surface area contributed by atoms with Crippen LogP contribution < -0.4 is 4.74 Å². The highest BCUT2D eigenvalue weighted by atomic mass is 79.9. The highest BCUT2D eigenvalue weighted by Gasteiger charge is 2.38. The number of carbonyl (C=O) groups excluding carboxylic acids is 2. The van der Waals surface area contributed by atoms with Gasteiger partial charge in [0.25, 0.3) is 5.91 Å². The Labute approximate surface area is 160 Å². The maximum Gasteiger partial charge on any atom is 0.410 e. The van der Waals surface area contributed by atoms with Crippen molar-refractivity contribution in [2.75, 3.05) is 26.2 Å². The summed E-state index contributed by atoms with van der Waals surface area (Å²) in [6.45, 7) is 6.99. The van der Waals surface area contributed by atoms with Crippen molar-refractivity contribution in [3.63, 3.8) is 0 Å². The van der Waals surface area contributed by atoms with E-state index < -0.39 is 5.60 Å². The summed E-state index contributed by atoms with van der Waals surface area (Å²) in [4.78, 5) is 28.6. The van der Waals surface area contributed by atoms with Crippen LogP contribution in [0, 0.1) is 0 Å². The number of amides is 2. The molecule has 1 aromatic carbocycles. The summed E-state index contributed by atoms with van der Waals surface area (Å²) in [5.41, 5.74) is -0.110. The van der Waals surface area contributed by atoms with E-state index in [4.69, 9.17) is 21.1 Å². The summed E-state index contributed by atoms with van der Waals surface area (Å²) >= 11 is 9.62. The number of benzene rings is 1. The van der Waals surface area contributed by atoms with Crippen LogP contribution in [-0.4, -0.2) is 59.7 Å². The monoisotopic (exact) mass is 430 g/mol. The second kappa shape index (κ2) is 6.68. The Morgan fingerprint density at radius 2 is 2.08 bits per heavy atom. The van der Waals surface area contributed by atoms with Crippen LogP contribution >= 0.6 is 27.5 Å². The molecule has 2 aliphatic heterocycles. The van der Waals surface area contributed by atoms with Gasteiger partial charge in [-0.15, -0.1) is 0 Å². The maximum absolute atomic E-state index is 12.9. The third-order valence-electron chi connectivity index (χ3n) is 4.10. The summed E-state index contributed by atoms with van der Waals surface area (Å²) in [6, 6.07) is 3.20. The average Bonchev–Trinajstić information content (AvgIpc) is 2.67. The van der Waals surface area contributed by atoms with Gasteiger partial charge in [0.15, 0.2) is 5.75 Å². The molecule has 0 aromatic heterocycles. The van der Waals surface area contributed by atoms with E-state index in [1.54, 1.807) is 21.9 Å². The average molecular weight is 432 g/mol. The Hall–Kier alpha value is -1.47. The number of fused-ring (bicyclic) bond motifs is 2. The van der Waals surface area contributed by atoms with Crippen LogP contribution in [-0.2, 0) is 4.74 Å². The fraction of sp³-hybridized carbons (Fsp3) is 0.529. The van der Waals surface area contributed by atoms with Gasteiger partial charge >= 0.3 is 6.09 Å². The Morgan fingerprint density at radius 1 is 1.36 bits per heavy atom. The normalized spacial score (nSPS) is 20.4. The summed E-state index contributed by atoms with van der Waals surface area (Å²) < 4.78 is 11.9. The van der Waals surface area contributed by atoms with Crippen LogP contribution in [0.15, 0.2) is 16.6 Å². The zero-order valence-corrected chi connectivity index (χ0v) is 16.7. The van der Waals surface area contributed by atoms with Gasteiger partial charge in [-0.3, -0.25) is 4.79 Å². The Kier molecular flexibility index (Phi) is 4.90. The van der Waals surface area contributed by atoms with Crippen LogP contribution in [0.25, 0.3) is 0 Å². The summed E-state index contributed by atoms with van der Waals surface area (Å²) in [6.07, 6.45) is -0.373. The lowest BCUT2D eigenvalue weighted by atomic mass is 10.1. The predicted octanol–water partition coefficient (Wildman–Crippen LogP) is 3.56. The number of halogens is 2. The molecule has 1 aromatic rings. The Balaban J connectivity index is 1.80. The van der Waals surface area contributed by atoms with Crippen molar-refractivity contribution in [2.24, 2.45) is 0 Å². The second-order valence-corrected chi connectivity index (χ2v) is 8.36. The number of piperazine rings is 1. The molecule has 0 N–H and O–H groups in total. The predicted molar refractivity (Wildman–Crippen MR) is 97.3 cm³/mol. The van der Waals surface area contributed by atoms with Crippen molar-refractivity contribution in [3.8, 4) is 5.75 Å². The lowest BCUT2D eigenvalue weighted by molar-refractivity contribution is 0.000952. The Morgan fingerprint density at radius 3 is 2.76 bits per heavy atom. The van der Waals surface area contributed by atoms with Gasteiger partial charge in [0.1, 0.15) is 12.2 Å². The Bertz CT molecular complexity index is 719. The van der Waals surface area contributed by atoms with Gasteiger partial charge in [0.05, 0.1) is 16.6 Å². The summed E-state index contributed by atoms with van der Waals surface area (Å²) in [5.74, 6) is 0.259. The van der Waals surface area contributed by atoms with Gasteiger partial charge in [-0.05, 0) is 48.8 Å². The molecule has 6 nitrogen and oxygen atoms in total. The summed E-state index contributed by atoms with van der Waals surface area (Å²) in [7, 11) is 0. The number of ether oxygens (including phenoxy) is 2. The SMILES string of the molecule is CC(C)(C)OC(=O)N1CCN2C(=O)c3ccc(Br)c(Cl)c3OCC2C1. The lowest BCUT2D eigenvalue weighted by Gasteiger charge is -2.40. The van der Waals surface area contributed by atoms with E-state index >= 15 is 0 Å². The molecule has 1 unspecified atom stereocenters. The topological polar surface area (TPSA) is 59.1 Å². The molecule has 1 fully saturated rings. The zero-order chi connectivity index (χ0) is 18.4. The fourth-order valence-corrected chi connectivity index (χ4v) is 3.46. The van der Waals surface area contributed by atoms with Gasteiger partial charge in [-0.2, -0.15) is 0 Å². The second-order valence-electron chi connectivity index (χ2n) is 7.13. The first-order chi connectivity index (χ1) is 11.7. The largest absolute Gasteiger partial charge is 0.489 e. The molecule has 0 spiro atoms. The van der Waals surface area contributed by atoms with E-state index in [1.165, 1.54) is 0 Å². The molecular formula is C17H20BrClN2O4. The summed E-state index contributed by atoms with van der Waals surface area (Å²) in [5, 5.41) is 0.384. The highest BCUT2D eigenvalue weighted by Crippen LogP contribution is 2.38. The molecule has 0 radical (unpaired) electrons. The third kappa shape index (κ3) is 3.72. The highest BCUT2D eigenvalue weighted by molar-refractivity contribution is 9.10. The van der Waals surface area contributed by atoms with E-state index in [2.05, 4.69) is 15.9 Å². The standard InChI is InChI=1S/C17H20BrClN2O4/c1-17(2,3)25-16(23)20-6-7-21-10(8-20)9-24-14-11(15(21)22)4-5-12(18)13(14)19/h4-5,10H,6-9H2,1-3H3. The smallest absolute Gasteiger partial charge is 0.410 e. The quantitative estimate of drug-likeness (QED) is 0.630. The van der Waals surface area contributed by atoms with E-state index in [0.717, 1.165) is 0 Å². The third-order valence-corrected chi connectivity index (χ3v) is 5.36. The first kappa shape index (κ1) is 18.3. The molecule has 2 heterocycles. The molecule has 2 amide bonds. The minimum Gasteiger partial charge on any atom is -0.489 e. The number of hydrogen-bond acceptors (Lipinski definition) is 4. The maximum atomic E-state index is 12.9. The van der Waals surface area contributed by atoms with Crippen LogP contribution in [0.1, 0.15) is 31.1 Å². The van der Waals surface area contributed by atoms with Crippen molar-refractivity contribution in [2.45, 2.75) is 32.4 Å². The van der Waals surface area contributed by atoms with Crippen molar-refractivity contribution < 1.29 is 19.1 Å². The van der Waals surface area contributed by atoms with Gasteiger partial charge in [-0.1, -0.05) is 11.6 Å². The lowest BCUT2D eigenvalue weighted by Crippen LogP contribution is -2.58. The molecule has 2 aliphatic rings. The number of rotatable bonds is 0. The minimum absolute atomic E-state index is 0.129. The van der Waals surface area contributed by atoms with Crippen molar-refractivity contribution in [3.05, 3.63) is 27.2 Å². The molecule has 1 atom stereocenters. The van der Waals surface area contributed by atoms with E-state index in [0.29, 0.717) is 40.4 Å². The van der Waals surface area contributed by atoms with Crippen LogP contribution in [0.4, 0.5) is 4.79 Å². The first-order valence-corrected chi connectivity index (χ1v) is 9.24. The van der Waals surface area contributed by atoms with Crippen molar-refractivity contribution >= 4 is 39.5 Å². The van der Waals surface area contributed by atoms with E-state index in [9.17, 15) is 9.59 Å². The molecule has 3 rings (SSSR count). The van der Waals surface area contributed by atoms with Crippen LogP contribution in [0.5, 0.6) is 5.75 Å². The molecule has 1 saturated heterocycles. The first-order valence-electron chi connectivity index (χ1n) is 8.07. The molecule has 0 saturated carbocycles. The van der Waals surface area contributed by atoms with E-state index in [1.807, 2.05) is 20.8 Å². The van der Waals surface area contributed by atoms with Gasteiger partial charge < -0.3 is 19.3 Å². The van der Waals surface area contributed by atoms with E-state index in [-0.39, 0.29) is 24.6 Å². The molecular weight excluding hydrogens is 412 g/mol. The molecule has 8 heteroatoms. The molecule has 25 heavy (non-hydrogen) atoms. The minimum atomic E-state index is -0.556. The molecule has 136 valence electrons. The number of nitrogens with zero attached hydrogens (tertiary/aromatic N) is 2. The number of carbonyl (C=O) groups is 2. The van der Waals surface area contributed by atoms with Crippen LogP contribution in [0.2, 0.25) is 5.02 Å². The number of hydrogen-bond donors (Lipinski definition) is 0. The van der Waals surface area contributed by atoms with Crippen LogP contribution in [0.3, 0.4) is 0 Å². The van der Waals surface area contributed by atoms with Gasteiger partial charge in [0, 0.05) is 24.1 Å². The van der Waals surface area contributed by atoms with Crippen molar-refractivity contribution in [1.29, 1.82) is 0 Å².